The maximum atomic E-state index is 12.9. The maximum Gasteiger partial charge on any atom is 0.336 e. The predicted octanol–water partition coefficient (Wildman–Crippen LogP) is 3.92. The number of carboxylic acids is 1. The van der Waals surface area contributed by atoms with Crippen molar-refractivity contribution in [1.82, 2.24) is 4.58 Å². The molecule has 42 heavy (non-hydrogen) atoms. The molecule has 7 heteroatoms. The van der Waals surface area contributed by atoms with Gasteiger partial charge in [0.25, 0.3) is 0 Å². The molecule has 0 bridgehead atoms. The summed E-state index contributed by atoms with van der Waals surface area (Å²) < 4.78 is 9.66. The summed E-state index contributed by atoms with van der Waals surface area (Å²) >= 11 is 0. The first-order chi connectivity index (χ1) is 20.5. The zero-order chi connectivity index (χ0) is 28.6. The summed E-state index contributed by atoms with van der Waals surface area (Å²) in [5, 5.41) is 12.9. The molecule has 2 aromatic rings. The third-order valence-electron chi connectivity index (χ3n) is 9.90. The van der Waals surface area contributed by atoms with Crippen molar-refractivity contribution in [2.45, 2.75) is 63.9 Å². The van der Waals surface area contributed by atoms with E-state index in [1.807, 2.05) is 19.1 Å². The quantitative estimate of drug-likeness (QED) is 0.344. The molecular weight excluding hydrogens is 528 g/mol. The van der Waals surface area contributed by atoms with Crippen molar-refractivity contribution in [3.8, 4) is 11.5 Å². The van der Waals surface area contributed by atoms with Gasteiger partial charge in [-0.05, 0) is 86.9 Å². The van der Waals surface area contributed by atoms with E-state index in [0.717, 1.165) is 105 Å². The molecule has 1 N–H and O–H groups in total. The summed E-state index contributed by atoms with van der Waals surface area (Å²) in [6.45, 7) is 6.20. The Labute approximate surface area is 245 Å². The Bertz CT molecular complexity index is 1780. The third-order valence-corrected chi connectivity index (χ3v) is 9.90. The number of allylic oxidation sites excluding steroid dienone is 2. The smallest absolute Gasteiger partial charge is 0.336 e. The van der Waals surface area contributed by atoms with Crippen LogP contribution in [0.4, 0.5) is 5.69 Å². The number of hydrogen-bond donors (Lipinski definition) is 1. The molecule has 5 heterocycles. The van der Waals surface area contributed by atoms with Gasteiger partial charge in [-0.15, -0.1) is 0 Å². The first-order valence-corrected chi connectivity index (χ1v) is 15.5. The summed E-state index contributed by atoms with van der Waals surface area (Å²) in [4.78, 5) is 26.1. The van der Waals surface area contributed by atoms with E-state index in [4.69, 9.17) is 14.5 Å². The van der Waals surface area contributed by atoms with Gasteiger partial charge in [0.05, 0.1) is 18.2 Å². The normalized spacial score (nSPS) is 23.5. The number of aliphatic carboxylic acids is 1. The first kappa shape index (κ1) is 26.0. The molecule has 1 unspecified atom stereocenters. The van der Waals surface area contributed by atoms with Gasteiger partial charge in [-0.3, -0.25) is 0 Å². The Hall–Kier alpha value is -3.68. The average Bonchev–Trinajstić information content (AvgIpc) is 3.16. The molecule has 0 fully saturated rings. The molecule has 5 aliphatic heterocycles. The number of carbonyl (C=O) groups is 1. The van der Waals surface area contributed by atoms with Gasteiger partial charge in [-0.1, -0.05) is 6.08 Å². The van der Waals surface area contributed by atoms with Gasteiger partial charge in [0.15, 0.2) is 0 Å². The number of nitrogens with zero attached hydrogens (tertiary/aromatic N) is 2. The molecule has 0 amide bonds. The maximum absolute atomic E-state index is 12.9. The summed E-state index contributed by atoms with van der Waals surface area (Å²) in [5.41, 5.74) is 8.61. The number of carboxylic acid groups (broad SMARTS) is 1. The largest absolute Gasteiger partial charge is 0.478 e. The van der Waals surface area contributed by atoms with Gasteiger partial charge in [0, 0.05) is 59.1 Å². The highest BCUT2D eigenvalue weighted by Gasteiger charge is 2.37. The zero-order valence-electron chi connectivity index (χ0n) is 24.4. The molecule has 1 aliphatic carbocycles. The van der Waals surface area contributed by atoms with Crippen LogP contribution in [0.3, 0.4) is 0 Å². The standard InChI is InChI=1S/C35H36N2O5/c1-35(42-40-2)13-11-23(24(12-14-35)34(38)39)29-27-19-21-7-3-15-36-17-5-9-25(30(21)36)32(27)41-33-26-10-6-18-37-16-4-8-22(31(26)37)20-28(29)33/h11-14,19-20H,3-10,15-18H2,1-2H3/p+1. The van der Waals surface area contributed by atoms with Crippen molar-refractivity contribution in [3.05, 3.63) is 86.0 Å². The Kier molecular flexibility index (Phi) is 5.99. The Morgan fingerprint density at radius 3 is 2.50 bits per heavy atom. The van der Waals surface area contributed by atoms with Crippen molar-refractivity contribution >= 4 is 17.2 Å². The van der Waals surface area contributed by atoms with E-state index in [2.05, 4.69) is 21.6 Å². The minimum Gasteiger partial charge on any atom is -0.478 e. The van der Waals surface area contributed by atoms with Gasteiger partial charge in [-0.25, -0.2) is 19.1 Å². The highest BCUT2D eigenvalue weighted by Crippen LogP contribution is 2.49. The SMILES string of the molecule is COOC1(C)C=CC(C(=O)O)=C(C2=c3cc4c5c(c3Oc3c2cc2c6c3CCCN6CCC2)CCC[N+]=5CCC4)C=C1. The number of ether oxygens (including phenoxy) is 1. The summed E-state index contributed by atoms with van der Waals surface area (Å²) in [6, 6.07) is 4.61. The molecule has 0 radical (unpaired) electrons. The highest BCUT2D eigenvalue weighted by molar-refractivity contribution is 6.00. The Morgan fingerprint density at radius 1 is 0.952 bits per heavy atom. The van der Waals surface area contributed by atoms with Crippen LogP contribution in [0.2, 0.25) is 0 Å². The second kappa shape index (κ2) is 9.68. The Morgan fingerprint density at radius 2 is 1.69 bits per heavy atom. The number of fused-ring (bicyclic) bond motifs is 4. The molecular formula is C35H37N2O5+. The summed E-state index contributed by atoms with van der Waals surface area (Å²) in [5.74, 6) is 0.870. The molecule has 0 saturated heterocycles. The second-order valence-corrected chi connectivity index (χ2v) is 12.6. The van der Waals surface area contributed by atoms with Gasteiger partial charge >= 0.3 is 5.97 Å². The molecule has 6 aliphatic rings. The number of anilines is 1. The number of hydrogen-bond acceptors (Lipinski definition) is 5. The number of rotatable bonds is 4. The molecule has 7 nitrogen and oxygen atoms in total. The van der Waals surface area contributed by atoms with Crippen LogP contribution in [0.15, 0.2) is 47.6 Å². The summed E-state index contributed by atoms with van der Waals surface area (Å²) in [7, 11) is 1.47. The Balaban J connectivity index is 1.50. The predicted molar refractivity (Wildman–Crippen MR) is 161 cm³/mol. The second-order valence-electron chi connectivity index (χ2n) is 12.6. The van der Waals surface area contributed by atoms with E-state index in [9.17, 15) is 9.90 Å². The van der Waals surface area contributed by atoms with E-state index in [1.54, 1.807) is 12.2 Å². The van der Waals surface area contributed by atoms with Crippen molar-refractivity contribution in [3.63, 3.8) is 0 Å². The van der Waals surface area contributed by atoms with Crippen LogP contribution in [0.5, 0.6) is 11.5 Å². The van der Waals surface area contributed by atoms with Crippen LogP contribution >= 0.6 is 0 Å². The van der Waals surface area contributed by atoms with Crippen molar-refractivity contribution < 1.29 is 24.4 Å². The first-order valence-electron chi connectivity index (χ1n) is 15.5. The van der Waals surface area contributed by atoms with Crippen LogP contribution in [-0.4, -0.2) is 50.0 Å². The molecule has 216 valence electrons. The lowest BCUT2D eigenvalue weighted by atomic mass is 9.81. The summed E-state index contributed by atoms with van der Waals surface area (Å²) in [6.07, 6.45) is 15.7. The lowest BCUT2D eigenvalue weighted by Crippen LogP contribution is -2.45. The lowest BCUT2D eigenvalue weighted by Gasteiger charge is -2.39. The van der Waals surface area contributed by atoms with Crippen molar-refractivity contribution in [1.29, 1.82) is 0 Å². The van der Waals surface area contributed by atoms with E-state index < -0.39 is 11.6 Å². The van der Waals surface area contributed by atoms with Crippen molar-refractivity contribution in [2.75, 3.05) is 38.2 Å². The molecule has 2 aromatic carbocycles. The van der Waals surface area contributed by atoms with Crippen LogP contribution in [0, 0.1) is 0 Å². The zero-order valence-corrected chi connectivity index (χ0v) is 24.4. The van der Waals surface area contributed by atoms with Crippen LogP contribution in [0.1, 0.15) is 60.4 Å². The minimum absolute atomic E-state index is 0.240. The van der Waals surface area contributed by atoms with Crippen LogP contribution in [0.25, 0.3) is 5.57 Å². The van der Waals surface area contributed by atoms with Gasteiger partial charge in [-0.2, -0.15) is 0 Å². The molecule has 1 atom stereocenters. The van der Waals surface area contributed by atoms with Gasteiger partial charge < -0.3 is 14.7 Å². The number of benzene rings is 2. The van der Waals surface area contributed by atoms with Crippen LogP contribution < -0.4 is 24.8 Å². The molecule has 0 saturated carbocycles. The van der Waals surface area contributed by atoms with E-state index in [1.165, 1.54) is 40.4 Å². The van der Waals surface area contributed by atoms with E-state index >= 15 is 0 Å². The number of aryl methyl sites for hydroxylation is 2. The van der Waals surface area contributed by atoms with E-state index in [0.29, 0.717) is 5.57 Å². The molecule has 0 aromatic heterocycles. The third kappa shape index (κ3) is 3.86. The molecule has 8 rings (SSSR count). The van der Waals surface area contributed by atoms with Gasteiger partial charge in [0.1, 0.15) is 30.2 Å². The highest BCUT2D eigenvalue weighted by atomic mass is 17.2. The fraction of sp³-hybridized carbons (Fsp3) is 0.429. The molecule has 0 spiro atoms. The minimum atomic E-state index is -0.967. The van der Waals surface area contributed by atoms with Crippen LogP contribution in [-0.2, 0) is 40.3 Å². The fourth-order valence-electron chi connectivity index (χ4n) is 8.18. The monoisotopic (exact) mass is 565 g/mol. The fourth-order valence-corrected chi connectivity index (χ4v) is 8.18. The van der Waals surface area contributed by atoms with E-state index in [-0.39, 0.29) is 5.57 Å². The lowest BCUT2D eigenvalue weighted by molar-refractivity contribution is -0.313. The van der Waals surface area contributed by atoms with Gasteiger partial charge in [0.2, 0.25) is 5.36 Å². The van der Waals surface area contributed by atoms with Crippen molar-refractivity contribution in [2.24, 2.45) is 0 Å². The topological polar surface area (TPSA) is 71.2 Å². The average molecular weight is 566 g/mol.